The minimum absolute atomic E-state index is 0.0351. The van der Waals surface area contributed by atoms with Gasteiger partial charge >= 0.3 is 6.03 Å². The number of nitrogens with one attached hydrogen (secondary N) is 1. The number of carbonyl (C=O) groups is 3. The number of ketones is 2. The number of fused-ring (bicyclic) bond motifs is 7. The van der Waals surface area contributed by atoms with Gasteiger partial charge in [0, 0.05) is 35.4 Å². The van der Waals surface area contributed by atoms with Crippen LogP contribution in [0.1, 0.15) is 93.4 Å². The quantitative estimate of drug-likeness (QED) is 0.402. The molecule has 6 aliphatic rings. The molecule has 1 heterocycles. The van der Waals surface area contributed by atoms with Crippen LogP contribution in [0.5, 0.6) is 0 Å². The molecule has 0 aromatic rings. The lowest BCUT2D eigenvalue weighted by atomic mass is 9.35. The van der Waals surface area contributed by atoms with Gasteiger partial charge in [0.15, 0.2) is 11.6 Å². The molecule has 0 bridgehead atoms. The summed E-state index contributed by atoms with van der Waals surface area (Å²) < 4.78 is 0. The van der Waals surface area contributed by atoms with Crippen molar-refractivity contribution in [1.29, 1.82) is 0 Å². The lowest BCUT2D eigenvalue weighted by Crippen LogP contribution is -2.70. The second kappa shape index (κ2) is 7.86. The Bertz CT molecular complexity index is 1290. The number of hydrogen-bond donors (Lipinski definition) is 1. The number of nitrogens with zero attached hydrogens (tertiary/aromatic N) is 2. The standard InChI is InChI=1S/C33H45N3O3/c1-28(2)11-13-33(36-16-15-35-27(36)39)14-12-32(7)25(20(33)18-28)22(37)17-24-30(5)19-21(34-8)26(38)29(3,4)23(30)9-10-31(24,32)6/h17,19-20,23,25H,9-16,18H2,1-7H3,(H,35,39)/t20-,23-,25-,30-,31+,32+,33-/m0/s1. The molecule has 39 heavy (non-hydrogen) atoms. The van der Waals surface area contributed by atoms with Crippen molar-refractivity contribution in [2.45, 2.75) is 99.0 Å². The Morgan fingerprint density at radius 2 is 1.67 bits per heavy atom. The summed E-state index contributed by atoms with van der Waals surface area (Å²) in [4.78, 5) is 46.7. The van der Waals surface area contributed by atoms with Crippen LogP contribution in [-0.4, -0.2) is 41.1 Å². The molecule has 2 amide bonds. The van der Waals surface area contributed by atoms with Gasteiger partial charge in [-0.2, -0.15) is 0 Å². The van der Waals surface area contributed by atoms with Crippen LogP contribution in [0.2, 0.25) is 0 Å². The highest BCUT2D eigenvalue weighted by atomic mass is 16.2. The second-order valence-corrected chi connectivity index (χ2v) is 15.7. The highest BCUT2D eigenvalue weighted by molar-refractivity contribution is 6.03. The SMILES string of the molecule is [C-]#[N+]C1=C[C@]2(C)C3=CC(=O)[C@@H]4[C@@H]5CC(C)(C)CC[C@]5(N5CCNC5=O)CC[C@@]4(C)[C@]3(C)CC[C@H]2C(C)(C)C1=O. The Kier molecular flexibility index (Phi) is 5.40. The average molecular weight is 532 g/mol. The lowest BCUT2D eigenvalue weighted by molar-refractivity contribution is -0.171. The van der Waals surface area contributed by atoms with Crippen molar-refractivity contribution >= 4 is 17.6 Å². The van der Waals surface area contributed by atoms with Gasteiger partial charge in [-0.3, -0.25) is 4.79 Å². The Labute approximate surface area is 233 Å². The summed E-state index contributed by atoms with van der Waals surface area (Å²) in [5.41, 5.74) is -0.421. The Morgan fingerprint density at radius 1 is 0.974 bits per heavy atom. The summed E-state index contributed by atoms with van der Waals surface area (Å²) >= 11 is 0. The van der Waals surface area contributed by atoms with Crippen molar-refractivity contribution in [2.24, 2.45) is 44.8 Å². The third-order valence-electron chi connectivity index (χ3n) is 13.2. The van der Waals surface area contributed by atoms with E-state index in [9.17, 15) is 14.4 Å². The largest absolute Gasteiger partial charge is 0.336 e. The number of rotatable bonds is 1. The van der Waals surface area contributed by atoms with Crippen molar-refractivity contribution in [2.75, 3.05) is 13.1 Å². The van der Waals surface area contributed by atoms with Gasteiger partial charge in [0.1, 0.15) is 0 Å². The molecule has 6 rings (SSSR count). The van der Waals surface area contributed by atoms with Gasteiger partial charge in [-0.05, 0) is 79.1 Å². The second-order valence-electron chi connectivity index (χ2n) is 15.7. The lowest BCUT2D eigenvalue weighted by Gasteiger charge is -2.70. The molecule has 210 valence electrons. The Balaban J connectivity index is 1.52. The van der Waals surface area contributed by atoms with Gasteiger partial charge in [-0.15, -0.1) is 0 Å². The first kappa shape index (κ1) is 26.8. The zero-order chi connectivity index (χ0) is 28.4. The number of urea groups is 1. The van der Waals surface area contributed by atoms with E-state index < -0.39 is 10.8 Å². The Morgan fingerprint density at radius 3 is 2.31 bits per heavy atom. The topological polar surface area (TPSA) is 70.8 Å². The van der Waals surface area contributed by atoms with Gasteiger partial charge in [0.25, 0.3) is 0 Å². The van der Waals surface area contributed by atoms with Gasteiger partial charge in [0.05, 0.1) is 6.57 Å². The molecule has 0 aromatic carbocycles. The van der Waals surface area contributed by atoms with Crippen LogP contribution >= 0.6 is 0 Å². The molecule has 1 aliphatic heterocycles. The summed E-state index contributed by atoms with van der Waals surface area (Å²) in [6.45, 7) is 24.7. The van der Waals surface area contributed by atoms with E-state index >= 15 is 0 Å². The predicted octanol–water partition coefficient (Wildman–Crippen LogP) is 6.34. The van der Waals surface area contributed by atoms with E-state index in [2.05, 4.69) is 49.7 Å². The van der Waals surface area contributed by atoms with E-state index in [-0.39, 0.29) is 62.8 Å². The van der Waals surface area contributed by atoms with E-state index in [1.807, 2.05) is 26.0 Å². The van der Waals surface area contributed by atoms with Crippen molar-refractivity contribution in [1.82, 2.24) is 10.2 Å². The van der Waals surface area contributed by atoms with Crippen molar-refractivity contribution in [3.05, 3.63) is 34.8 Å². The third-order valence-corrected chi connectivity index (χ3v) is 13.2. The molecule has 4 fully saturated rings. The molecule has 1 saturated heterocycles. The molecule has 5 aliphatic carbocycles. The first-order chi connectivity index (χ1) is 18.1. The molecule has 0 unspecified atom stereocenters. The molecule has 1 N–H and O–H groups in total. The van der Waals surface area contributed by atoms with Crippen molar-refractivity contribution in [3.63, 3.8) is 0 Å². The summed E-state index contributed by atoms with van der Waals surface area (Å²) in [7, 11) is 0. The van der Waals surface area contributed by atoms with E-state index in [0.717, 1.165) is 57.1 Å². The summed E-state index contributed by atoms with van der Waals surface area (Å²) in [6.07, 6.45) is 10.5. The van der Waals surface area contributed by atoms with Crippen LogP contribution in [0, 0.1) is 51.4 Å². The third kappa shape index (κ3) is 3.17. The van der Waals surface area contributed by atoms with Gasteiger partial charge in [-0.25, -0.2) is 9.64 Å². The molecule has 3 saturated carbocycles. The zero-order valence-electron chi connectivity index (χ0n) is 24.9. The predicted molar refractivity (Wildman–Crippen MR) is 150 cm³/mol. The summed E-state index contributed by atoms with van der Waals surface area (Å²) in [5, 5.41) is 3.05. The van der Waals surface area contributed by atoms with E-state index in [4.69, 9.17) is 6.57 Å². The van der Waals surface area contributed by atoms with Crippen molar-refractivity contribution < 1.29 is 14.4 Å². The molecule has 6 heteroatoms. The maximum Gasteiger partial charge on any atom is 0.317 e. The normalized spacial score (nSPS) is 46.1. The average Bonchev–Trinajstić information content (AvgIpc) is 3.29. The maximum absolute atomic E-state index is 14.6. The molecular formula is C33H45N3O3. The van der Waals surface area contributed by atoms with Crippen molar-refractivity contribution in [3.8, 4) is 0 Å². The Hall–Kier alpha value is -2.42. The molecule has 6 nitrogen and oxygen atoms in total. The fourth-order valence-electron chi connectivity index (χ4n) is 10.9. The fraction of sp³-hybridized carbons (Fsp3) is 0.758. The monoisotopic (exact) mass is 531 g/mol. The number of carbonyl (C=O) groups excluding carboxylic acids is 3. The highest BCUT2D eigenvalue weighted by Gasteiger charge is 2.70. The molecule has 7 atom stereocenters. The van der Waals surface area contributed by atoms with Crippen LogP contribution in [-0.2, 0) is 9.59 Å². The van der Waals surface area contributed by atoms with E-state index in [1.165, 1.54) is 0 Å². The highest BCUT2D eigenvalue weighted by Crippen LogP contribution is 2.74. The minimum Gasteiger partial charge on any atom is -0.336 e. The van der Waals surface area contributed by atoms with Crippen LogP contribution in [0.3, 0.4) is 0 Å². The maximum atomic E-state index is 14.6. The first-order valence-corrected chi connectivity index (χ1v) is 15.0. The van der Waals surface area contributed by atoms with Crippen LogP contribution in [0.4, 0.5) is 4.79 Å². The summed E-state index contributed by atoms with van der Waals surface area (Å²) in [5.74, 6) is 0.169. The van der Waals surface area contributed by atoms with E-state index in [0.29, 0.717) is 6.54 Å². The molecule has 0 aromatic heterocycles. The molecular weight excluding hydrogens is 486 g/mol. The smallest absolute Gasteiger partial charge is 0.317 e. The zero-order valence-corrected chi connectivity index (χ0v) is 24.9. The number of allylic oxidation sites excluding steroid dienone is 4. The number of Topliss-reactive ketones (excluding diaryl/α,β-unsaturated/α-hetero) is 1. The minimum atomic E-state index is -0.648. The number of amides is 2. The van der Waals surface area contributed by atoms with Crippen LogP contribution < -0.4 is 5.32 Å². The van der Waals surface area contributed by atoms with Gasteiger partial charge < -0.3 is 15.0 Å². The summed E-state index contributed by atoms with van der Waals surface area (Å²) in [6, 6.07) is 0.0351. The van der Waals surface area contributed by atoms with Crippen LogP contribution in [0.15, 0.2) is 23.4 Å². The van der Waals surface area contributed by atoms with Crippen LogP contribution in [0.25, 0.3) is 4.85 Å². The number of hydrogen-bond acceptors (Lipinski definition) is 3. The molecule has 0 spiro atoms. The fourth-order valence-corrected chi connectivity index (χ4v) is 10.9. The van der Waals surface area contributed by atoms with Gasteiger partial charge in [-0.1, -0.05) is 60.1 Å². The molecule has 0 radical (unpaired) electrons. The van der Waals surface area contributed by atoms with Gasteiger partial charge in [0.2, 0.25) is 5.70 Å². The van der Waals surface area contributed by atoms with E-state index in [1.54, 1.807) is 0 Å². The first-order valence-electron chi connectivity index (χ1n) is 15.0.